The fraction of sp³-hybridized carbons (Fsp3) is 0.350. The number of nitrogens with zero attached hydrogens (tertiary/aromatic N) is 2. The van der Waals surface area contributed by atoms with E-state index >= 15 is 0 Å². The first-order chi connectivity index (χ1) is 16.6. The van der Waals surface area contributed by atoms with Gasteiger partial charge in [-0.2, -0.15) is 0 Å². The Hall–Kier alpha value is -3.27. The number of benzene rings is 1. The van der Waals surface area contributed by atoms with Crippen LogP contribution in [0.3, 0.4) is 0 Å². The number of rotatable bonds is 3. The fourth-order valence-corrected chi connectivity index (χ4v) is 3.14. The molecule has 1 fully saturated rings. The maximum Gasteiger partial charge on any atom is 0.276 e. The maximum absolute atomic E-state index is 13.9. The summed E-state index contributed by atoms with van der Waals surface area (Å²) < 4.78 is 81.3. The Morgan fingerprint density at radius 2 is 2.27 bits per heavy atom. The van der Waals surface area contributed by atoms with Crippen LogP contribution >= 0.6 is 0 Å². The summed E-state index contributed by atoms with van der Waals surface area (Å²) in [7, 11) is 0. The quantitative estimate of drug-likeness (QED) is 0.773. The molecule has 0 spiro atoms. The molecule has 2 amide bonds. The second-order valence-electron chi connectivity index (χ2n) is 6.60. The van der Waals surface area contributed by atoms with Crippen molar-refractivity contribution in [3.05, 3.63) is 63.1 Å². The third-order valence-corrected chi connectivity index (χ3v) is 4.68. The van der Waals surface area contributed by atoms with Crippen LogP contribution in [0.4, 0.5) is 8.78 Å². The number of carbonyl (C=O) groups excluding carboxylic acids is 2. The summed E-state index contributed by atoms with van der Waals surface area (Å²) in [6.07, 6.45) is -2.58. The molecule has 0 radical (unpaired) electrons. The first-order valence-corrected chi connectivity index (χ1v) is 8.80. The van der Waals surface area contributed by atoms with Crippen molar-refractivity contribution in [3.63, 3.8) is 0 Å². The predicted octanol–water partition coefficient (Wildman–Crippen LogP) is 1.35. The van der Waals surface area contributed by atoms with Crippen LogP contribution in [0.25, 0.3) is 0 Å². The lowest BCUT2D eigenvalue weighted by Crippen LogP contribution is -2.57. The fourth-order valence-electron chi connectivity index (χ4n) is 3.14. The van der Waals surface area contributed by atoms with Crippen LogP contribution in [0.2, 0.25) is 0 Å². The Balaban J connectivity index is 1.78. The van der Waals surface area contributed by atoms with Crippen molar-refractivity contribution in [2.24, 2.45) is 0 Å². The Labute approximate surface area is 178 Å². The molecule has 2 N–H and O–H groups in total. The molecule has 2 atom stereocenters. The van der Waals surface area contributed by atoms with Crippen LogP contribution in [0.15, 0.2) is 29.2 Å². The summed E-state index contributed by atoms with van der Waals surface area (Å²) in [4.78, 5) is 39.0. The number of nitrogens with one attached hydrogen (secondary N) is 1. The molecule has 2 aliphatic rings. The molecule has 1 aromatic carbocycles. The molecule has 0 bridgehead atoms. The van der Waals surface area contributed by atoms with Gasteiger partial charge >= 0.3 is 0 Å². The van der Waals surface area contributed by atoms with Gasteiger partial charge in [-0.15, -0.1) is 0 Å². The number of hydrogen-bond donors (Lipinski definition) is 2. The number of hydrogen-bond acceptors (Lipinski definition) is 5. The molecule has 30 heavy (non-hydrogen) atoms. The summed E-state index contributed by atoms with van der Waals surface area (Å²) in [6.45, 7) is -6.80. The van der Waals surface area contributed by atoms with Gasteiger partial charge in [0.2, 0.25) is 5.43 Å². The van der Waals surface area contributed by atoms with Crippen LogP contribution in [0.5, 0.6) is 5.75 Å². The average Bonchev–Trinajstić information content (AvgIpc) is 2.77. The molecule has 3 heterocycles. The van der Waals surface area contributed by atoms with Gasteiger partial charge in [0.15, 0.2) is 17.6 Å². The molecule has 8 nitrogen and oxygen atoms in total. The van der Waals surface area contributed by atoms with Gasteiger partial charge in [0.1, 0.15) is 17.2 Å². The van der Waals surface area contributed by atoms with Gasteiger partial charge in [-0.1, -0.05) is 6.07 Å². The highest BCUT2D eigenvalue weighted by molar-refractivity contribution is 5.99. The number of aromatic hydroxyl groups is 1. The van der Waals surface area contributed by atoms with Gasteiger partial charge in [0, 0.05) is 34.5 Å². The first-order valence-electron chi connectivity index (χ1n) is 11.8. The smallest absolute Gasteiger partial charge is 0.276 e. The number of halogens is 2. The molecule has 0 saturated carbocycles. The summed E-state index contributed by atoms with van der Waals surface area (Å²) >= 11 is 0. The monoisotopic (exact) mass is 425 g/mol. The number of ether oxygens (including phenoxy) is 1. The van der Waals surface area contributed by atoms with Crippen molar-refractivity contribution in [2.45, 2.75) is 38.6 Å². The van der Waals surface area contributed by atoms with Gasteiger partial charge < -0.3 is 24.6 Å². The van der Waals surface area contributed by atoms with E-state index in [1.54, 1.807) is 0 Å². The van der Waals surface area contributed by atoms with Crippen molar-refractivity contribution in [1.29, 1.82) is 0 Å². The zero-order chi connectivity index (χ0) is 26.8. The summed E-state index contributed by atoms with van der Waals surface area (Å²) in [5, 5.41) is 12.7. The Morgan fingerprint density at radius 3 is 3.00 bits per heavy atom. The zero-order valence-corrected chi connectivity index (χ0v) is 15.2. The standard InChI is InChI=1S/C20H19F2N3O5/c1-10-4-5-30-15-9-24-8-13(17(26)18(27)16(24)20(29)25(10)15)19(28)23-7-11-2-3-12(21)6-14(11)22/h2-3,6,8,10,15,27H,4-5,7,9H2,1H3,(H,23,28)/t10-,15+/m1/s1/i1D3,9D2,15D. The highest BCUT2D eigenvalue weighted by atomic mass is 19.1. The highest BCUT2D eigenvalue weighted by Gasteiger charge is 2.41. The minimum absolute atomic E-state index is 0.135. The molecule has 0 unspecified atom stereocenters. The van der Waals surface area contributed by atoms with Crippen molar-refractivity contribution >= 4 is 11.8 Å². The second-order valence-corrected chi connectivity index (χ2v) is 6.60. The third-order valence-electron chi connectivity index (χ3n) is 4.68. The Kier molecular flexibility index (Phi) is 3.48. The van der Waals surface area contributed by atoms with E-state index in [9.17, 15) is 28.3 Å². The van der Waals surface area contributed by atoms with Crippen molar-refractivity contribution in [2.75, 3.05) is 6.61 Å². The number of pyridine rings is 1. The highest BCUT2D eigenvalue weighted by Crippen LogP contribution is 2.29. The third kappa shape index (κ3) is 3.32. The van der Waals surface area contributed by atoms with Crippen molar-refractivity contribution < 1.29 is 36.4 Å². The molecule has 10 heteroatoms. The summed E-state index contributed by atoms with van der Waals surface area (Å²) in [5.41, 5.74) is -3.34. The number of aromatic nitrogens is 1. The van der Waals surface area contributed by atoms with Gasteiger partial charge in [-0.05, 0) is 19.3 Å². The molecular weight excluding hydrogens is 400 g/mol. The van der Waals surface area contributed by atoms with E-state index in [0.717, 1.165) is 12.1 Å². The molecule has 0 aliphatic carbocycles. The van der Waals surface area contributed by atoms with E-state index in [1.807, 2.05) is 0 Å². The molecule has 1 saturated heterocycles. The number of amides is 2. The van der Waals surface area contributed by atoms with Gasteiger partial charge in [0.25, 0.3) is 11.8 Å². The van der Waals surface area contributed by atoms with Crippen LogP contribution in [0, 0.1) is 11.6 Å². The number of fused-ring (bicyclic) bond motifs is 2. The van der Waals surface area contributed by atoms with E-state index < -0.39 is 78.0 Å². The minimum atomic E-state index is -3.08. The van der Waals surface area contributed by atoms with Crippen LogP contribution in [-0.2, 0) is 17.8 Å². The lowest BCUT2D eigenvalue weighted by molar-refractivity contribution is -0.112. The van der Waals surface area contributed by atoms with E-state index in [2.05, 4.69) is 5.32 Å². The predicted molar refractivity (Wildman–Crippen MR) is 99.9 cm³/mol. The van der Waals surface area contributed by atoms with Gasteiger partial charge in [-0.3, -0.25) is 14.4 Å². The van der Waals surface area contributed by atoms with E-state index in [0.29, 0.717) is 21.7 Å². The molecule has 2 aliphatic heterocycles. The topological polar surface area (TPSA) is 101 Å². The first kappa shape index (κ1) is 13.9. The van der Waals surface area contributed by atoms with Gasteiger partial charge in [0.05, 0.1) is 17.2 Å². The van der Waals surface area contributed by atoms with Gasteiger partial charge in [-0.25, -0.2) is 8.78 Å². The van der Waals surface area contributed by atoms with E-state index in [1.165, 1.54) is 0 Å². The largest absolute Gasteiger partial charge is 0.503 e. The second kappa shape index (κ2) is 7.52. The molecule has 4 rings (SSSR count). The molecule has 158 valence electrons. The van der Waals surface area contributed by atoms with Crippen molar-refractivity contribution in [1.82, 2.24) is 14.8 Å². The lowest BCUT2D eigenvalue weighted by atomic mass is 10.1. The summed E-state index contributed by atoms with van der Waals surface area (Å²) in [6, 6.07) is 0.931. The van der Waals surface area contributed by atoms with Crippen molar-refractivity contribution in [3.8, 4) is 5.75 Å². The van der Waals surface area contributed by atoms with Crippen LogP contribution in [0.1, 0.15) is 47.9 Å². The van der Waals surface area contributed by atoms with Crippen LogP contribution < -0.4 is 10.7 Å². The Morgan fingerprint density at radius 1 is 1.47 bits per heavy atom. The molecule has 1 aromatic heterocycles. The lowest BCUT2D eigenvalue weighted by Gasteiger charge is -2.44. The SMILES string of the molecule is [2H]C([2H])([2H])[C@@H]1CCO[C@]2([2H])N1C(=O)c1c(O)c(=O)c(C(=O)NCc3ccc(F)cc3F)cn1C2([2H])[2H]. The minimum Gasteiger partial charge on any atom is -0.503 e. The van der Waals surface area contributed by atoms with E-state index in [-0.39, 0.29) is 18.6 Å². The van der Waals surface area contributed by atoms with E-state index in [4.69, 9.17) is 13.0 Å². The van der Waals surface area contributed by atoms with Crippen LogP contribution in [-0.4, -0.2) is 45.2 Å². The summed E-state index contributed by atoms with van der Waals surface area (Å²) in [5.74, 6) is -5.71. The average molecular weight is 425 g/mol. The molecular formula is C20H19F2N3O5. The zero-order valence-electron chi connectivity index (χ0n) is 21.2. The normalized spacial score (nSPS) is 28.0. The molecule has 2 aromatic rings. The maximum atomic E-state index is 13.9. The number of carbonyl (C=O) groups is 2. The Bertz CT molecular complexity index is 1330.